The van der Waals surface area contributed by atoms with Crippen LogP contribution in [0.25, 0.3) is 0 Å². The normalized spacial score (nSPS) is 10.4. The number of aryl methyl sites for hydroxylation is 1. The Morgan fingerprint density at radius 1 is 1.04 bits per heavy atom. The molecule has 2 aromatic carbocycles. The van der Waals surface area contributed by atoms with E-state index in [0.717, 1.165) is 11.3 Å². The molecule has 0 radical (unpaired) electrons. The molecule has 3 rings (SSSR count). The van der Waals surface area contributed by atoms with Crippen molar-refractivity contribution in [3.63, 3.8) is 0 Å². The monoisotopic (exact) mass is 369 g/mol. The minimum Gasteiger partial charge on any atom is -0.478 e. The second-order valence-electron chi connectivity index (χ2n) is 5.58. The summed E-state index contributed by atoms with van der Waals surface area (Å²) in [6.45, 7) is 1.92. The summed E-state index contributed by atoms with van der Waals surface area (Å²) in [5, 5.41) is 15.7. The molecular weight excluding hydrogens is 354 g/mol. The minimum atomic E-state index is -0.985. The van der Waals surface area contributed by atoms with Crippen molar-refractivity contribution in [2.45, 2.75) is 6.92 Å². The van der Waals surface area contributed by atoms with Crippen molar-refractivity contribution in [1.82, 2.24) is 9.97 Å². The van der Waals surface area contributed by atoms with E-state index in [9.17, 15) is 4.79 Å². The fourth-order valence-electron chi connectivity index (χ4n) is 2.23. The Kier molecular flexibility index (Phi) is 4.90. The van der Waals surface area contributed by atoms with Crippen LogP contribution < -0.4 is 16.4 Å². The number of carboxylic acid groups (broad SMARTS) is 1. The minimum absolute atomic E-state index is 0.199. The maximum absolute atomic E-state index is 10.9. The van der Waals surface area contributed by atoms with Crippen LogP contribution in [0.2, 0.25) is 5.02 Å². The highest BCUT2D eigenvalue weighted by atomic mass is 35.5. The van der Waals surface area contributed by atoms with Crippen molar-refractivity contribution < 1.29 is 9.90 Å². The number of benzene rings is 2. The Bertz CT molecular complexity index is 960. The van der Waals surface area contributed by atoms with E-state index in [-0.39, 0.29) is 5.56 Å². The van der Waals surface area contributed by atoms with Crippen molar-refractivity contribution in [2.75, 3.05) is 16.4 Å². The van der Waals surface area contributed by atoms with Crippen LogP contribution in [0, 0.1) is 6.92 Å². The van der Waals surface area contributed by atoms with Gasteiger partial charge in [-0.3, -0.25) is 0 Å². The van der Waals surface area contributed by atoms with Crippen molar-refractivity contribution >= 4 is 46.3 Å². The summed E-state index contributed by atoms with van der Waals surface area (Å²) in [5.74, 6) is -0.144. The van der Waals surface area contributed by atoms with Gasteiger partial charge in [-0.1, -0.05) is 17.7 Å². The molecule has 0 atom stereocenters. The topological polar surface area (TPSA) is 113 Å². The highest BCUT2D eigenvalue weighted by Gasteiger charge is 2.10. The summed E-state index contributed by atoms with van der Waals surface area (Å²) in [6.07, 6.45) is 1.38. The quantitative estimate of drug-likeness (QED) is 0.532. The lowest BCUT2D eigenvalue weighted by Crippen LogP contribution is -2.05. The number of nitrogen functional groups attached to an aromatic ring is 1. The Morgan fingerprint density at radius 3 is 2.19 bits per heavy atom. The molecule has 7 nitrogen and oxygen atoms in total. The number of anilines is 5. The van der Waals surface area contributed by atoms with Crippen LogP contribution in [0.5, 0.6) is 0 Å². The summed E-state index contributed by atoms with van der Waals surface area (Å²) in [6, 6.07) is 11.8. The summed E-state index contributed by atoms with van der Waals surface area (Å²) in [4.78, 5) is 19.2. The molecule has 5 N–H and O–H groups in total. The first kappa shape index (κ1) is 17.5. The molecule has 0 saturated heterocycles. The molecule has 0 aliphatic heterocycles. The van der Waals surface area contributed by atoms with E-state index in [1.54, 1.807) is 18.2 Å². The molecule has 0 bridgehead atoms. The van der Waals surface area contributed by atoms with Gasteiger partial charge in [0.25, 0.3) is 0 Å². The molecule has 1 heterocycles. The highest BCUT2D eigenvalue weighted by molar-refractivity contribution is 6.31. The van der Waals surface area contributed by atoms with Crippen LogP contribution in [-0.4, -0.2) is 21.0 Å². The molecular formula is C18H16ClN5O2. The third-order valence-corrected chi connectivity index (χ3v) is 4.12. The first-order chi connectivity index (χ1) is 12.4. The van der Waals surface area contributed by atoms with Crippen molar-refractivity contribution in [3.8, 4) is 0 Å². The van der Waals surface area contributed by atoms with Crippen molar-refractivity contribution in [1.29, 1.82) is 0 Å². The van der Waals surface area contributed by atoms with Gasteiger partial charge in [-0.05, 0) is 48.9 Å². The van der Waals surface area contributed by atoms with Gasteiger partial charge in [-0.2, -0.15) is 0 Å². The summed E-state index contributed by atoms with van der Waals surface area (Å²) < 4.78 is 0. The molecule has 0 aliphatic rings. The van der Waals surface area contributed by atoms with E-state index in [4.69, 9.17) is 22.4 Å². The Morgan fingerprint density at radius 2 is 1.62 bits per heavy atom. The number of halogens is 1. The fourth-order valence-corrected chi connectivity index (χ4v) is 2.42. The average Bonchev–Trinajstić information content (AvgIpc) is 2.62. The first-order valence-corrected chi connectivity index (χ1v) is 8.06. The predicted octanol–water partition coefficient (Wildman–Crippen LogP) is 4.21. The molecule has 0 saturated carbocycles. The van der Waals surface area contributed by atoms with Gasteiger partial charge in [0.1, 0.15) is 12.0 Å². The molecule has 0 aliphatic carbocycles. The molecule has 0 unspecified atom stereocenters. The molecule has 0 spiro atoms. The number of hydrogen-bond donors (Lipinski definition) is 4. The molecule has 26 heavy (non-hydrogen) atoms. The van der Waals surface area contributed by atoms with E-state index in [1.165, 1.54) is 18.5 Å². The van der Waals surface area contributed by atoms with Crippen LogP contribution in [0.15, 0.2) is 48.8 Å². The van der Waals surface area contributed by atoms with Gasteiger partial charge < -0.3 is 21.5 Å². The van der Waals surface area contributed by atoms with E-state index >= 15 is 0 Å². The second kappa shape index (κ2) is 7.28. The Balaban J connectivity index is 1.82. The molecule has 3 aromatic rings. The average molecular weight is 370 g/mol. The molecule has 1 aromatic heterocycles. The predicted molar refractivity (Wildman–Crippen MR) is 103 cm³/mol. The van der Waals surface area contributed by atoms with Gasteiger partial charge in [0.05, 0.1) is 5.56 Å². The van der Waals surface area contributed by atoms with Gasteiger partial charge in [0, 0.05) is 16.4 Å². The summed E-state index contributed by atoms with van der Waals surface area (Å²) in [5.41, 5.74) is 9.05. The molecule has 0 fully saturated rings. The number of hydrogen-bond acceptors (Lipinski definition) is 6. The van der Waals surface area contributed by atoms with Gasteiger partial charge in [-0.25, -0.2) is 14.8 Å². The van der Waals surface area contributed by atoms with E-state index in [2.05, 4.69) is 20.6 Å². The molecule has 132 valence electrons. The zero-order valence-electron chi connectivity index (χ0n) is 13.8. The van der Waals surface area contributed by atoms with Crippen LogP contribution in [0.4, 0.5) is 28.7 Å². The van der Waals surface area contributed by atoms with Crippen LogP contribution >= 0.6 is 11.6 Å². The number of aromatic carboxylic acids is 1. The fraction of sp³-hybridized carbons (Fsp3) is 0.0556. The van der Waals surface area contributed by atoms with E-state index in [0.29, 0.717) is 28.0 Å². The number of nitrogens with zero attached hydrogens (tertiary/aromatic N) is 2. The summed E-state index contributed by atoms with van der Waals surface area (Å²) >= 11 is 6.14. The third kappa shape index (κ3) is 3.84. The number of carboxylic acids is 1. The zero-order chi connectivity index (χ0) is 18.7. The lowest BCUT2D eigenvalue weighted by molar-refractivity contribution is 0.0697. The number of carbonyl (C=O) groups is 1. The third-order valence-electron chi connectivity index (χ3n) is 3.71. The Hall–Kier alpha value is -3.32. The van der Waals surface area contributed by atoms with E-state index < -0.39 is 5.97 Å². The van der Waals surface area contributed by atoms with Crippen LogP contribution in [0.1, 0.15) is 15.9 Å². The van der Waals surface area contributed by atoms with Crippen LogP contribution in [0.3, 0.4) is 0 Å². The zero-order valence-corrected chi connectivity index (χ0v) is 14.6. The number of aromatic nitrogens is 2. The number of nitrogens with one attached hydrogen (secondary N) is 2. The smallest absolute Gasteiger partial charge is 0.335 e. The van der Waals surface area contributed by atoms with Gasteiger partial charge >= 0.3 is 5.97 Å². The van der Waals surface area contributed by atoms with E-state index in [1.807, 2.05) is 19.1 Å². The number of rotatable bonds is 5. The molecule has 0 amide bonds. The standard InChI is InChI=1S/C18H16ClN5O2/c1-10-2-5-13(8-14(10)19)24-17-15(20)16(21-9-22-17)23-12-6-3-11(4-7-12)18(25)26/h2-9H,20H2,1H3,(H,25,26)(H2,21,22,23,24). The van der Waals surface area contributed by atoms with Gasteiger partial charge in [0.2, 0.25) is 0 Å². The number of nitrogens with two attached hydrogens (primary N) is 1. The van der Waals surface area contributed by atoms with Crippen molar-refractivity contribution in [2.24, 2.45) is 0 Å². The largest absolute Gasteiger partial charge is 0.478 e. The van der Waals surface area contributed by atoms with Crippen molar-refractivity contribution in [3.05, 3.63) is 64.9 Å². The lowest BCUT2D eigenvalue weighted by atomic mass is 10.2. The van der Waals surface area contributed by atoms with Crippen LogP contribution in [-0.2, 0) is 0 Å². The molecule has 8 heteroatoms. The SMILES string of the molecule is Cc1ccc(Nc2ncnc(Nc3ccc(C(=O)O)cc3)c2N)cc1Cl. The van der Waals surface area contributed by atoms with Gasteiger partial charge in [0.15, 0.2) is 11.6 Å². The Labute approximate surface area is 154 Å². The van der Waals surface area contributed by atoms with Gasteiger partial charge in [-0.15, -0.1) is 0 Å². The lowest BCUT2D eigenvalue weighted by Gasteiger charge is -2.13. The summed E-state index contributed by atoms with van der Waals surface area (Å²) in [7, 11) is 0. The first-order valence-electron chi connectivity index (χ1n) is 7.68. The second-order valence-corrected chi connectivity index (χ2v) is 5.99. The highest BCUT2D eigenvalue weighted by Crippen LogP contribution is 2.29. The maximum Gasteiger partial charge on any atom is 0.335 e. The maximum atomic E-state index is 10.9.